The molecule has 6 nitrogen and oxygen atoms in total. The highest BCUT2D eigenvalue weighted by molar-refractivity contribution is 9.11. The summed E-state index contributed by atoms with van der Waals surface area (Å²) in [6, 6.07) is 0. The molecule has 0 fully saturated rings. The lowest BCUT2D eigenvalue weighted by atomic mass is 9.93. The molecule has 0 aliphatic heterocycles. The number of rotatable bonds is 2. The van der Waals surface area contributed by atoms with E-state index in [0.29, 0.717) is 0 Å². The van der Waals surface area contributed by atoms with E-state index in [9.17, 15) is 4.79 Å². The van der Waals surface area contributed by atoms with Crippen LogP contribution in [0.25, 0.3) is 27.1 Å². The fourth-order valence-corrected chi connectivity index (χ4v) is 5.74. The van der Waals surface area contributed by atoms with Crippen LogP contribution >= 0.6 is 27.3 Å². The molecule has 0 radical (unpaired) electrons. The van der Waals surface area contributed by atoms with E-state index in [0.717, 1.165) is 53.2 Å². The molecule has 0 saturated heterocycles. The molecule has 0 aliphatic carbocycles. The van der Waals surface area contributed by atoms with Crippen LogP contribution in [0.4, 0.5) is 4.79 Å². The molecule has 0 spiro atoms. The van der Waals surface area contributed by atoms with Gasteiger partial charge in [-0.05, 0) is 85.6 Å². The van der Waals surface area contributed by atoms with Gasteiger partial charge < -0.3 is 4.74 Å². The first-order chi connectivity index (χ1) is 15.4. The van der Waals surface area contributed by atoms with Crippen molar-refractivity contribution >= 4 is 49.2 Å². The van der Waals surface area contributed by atoms with Gasteiger partial charge in [-0.15, -0.1) is 11.3 Å². The Bertz CT molecular complexity index is 1340. The Kier molecular flexibility index (Phi) is 7.10. The van der Waals surface area contributed by atoms with Gasteiger partial charge in [0.1, 0.15) is 16.8 Å². The zero-order valence-electron chi connectivity index (χ0n) is 21.1. The fourth-order valence-electron chi connectivity index (χ4n) is 4.04. The van der Waals surface area contributed by atoms with Crippen LogP contribution in [0.15, 0.2) is 16.3 Å². The Labute approximate surface area is 208 Å². The molecule has 33 heavy (non-hydrogen) atoms. The van der Waals surface area contributed by atoms with Crippen LogP contribution in [0.1, 0.15) is 76.6 Å². The van der Waals surface area contributed by atoms with E-state index in [4.69, 9.17) is 4.74 Å². The summed E-state index contributed by atoms with van der Waals surface area (Å²) in [6.45, 7) is 20.2. The number of hydrogen-bond acceptors (Lipinski definition) is 5. The van der Waals surface area contributed by atoms with Gasteiger partial charge in [-0.2, -0.15) is 5.10 Å². The minimum Gasteiger partial charge on any atom is -0.443 e. The van der Waals surface area contributed by atoms with E-state index in [1.807, 2.05) is 47.7 Å². The van der Waals surface area contributed by atoms with Crippen LogP contribution in [-0.4, -0.2) is 30.9 Å². The Hall–Kier alpha value is -2.19. The van der Waals surface area contributed by atoms with Crippen molar-refractivity contribution in [2.45, 2.75) is 80.8 Å². The van der Waals surface area contributed by atoms with Crippen molar-refractivity contribution in [1.29, 1.82) is 0 Å². The van der Waals surface area contributed by atoms with Crippen molar-refractivity contribution in [1.82, 2.24) is 19.2 Å². The van der Waals surface area contributed by atoms with Crippen LogP contribution < -0.4 is 0 Å². The number of hydrogen-bond donors (Lipinski definition) is 0. The third kappa shape index (κ3) is 4.35. The fraction of sp³-hybridized carbons (Fsp3) is 0.480. The second-order valence-electron chi connectivity index (χ2n) is 9.23. The Morgan fingerprint density at radius 2 is 1.76 bits per heavy atom. The number of pyridine rings is 1. The van der Waals surface area contributed by atoms with E-state index >= 15 is 0 Å². The van der Waals surface area contributed by atoms with E-state index in [-0.39, 0.29) is 12.0 Å². The molecule has 0 N–H and O–H groups in total. The molecule has 8 heteroatoms. The third-order valence-corrected chi connectivity index (χ3v) is 7.70. The van der Waals surface area contributed by atoms with Crippen LogP contribution in [0, 0.1) is 20.8 Å². The number of ether oxygens (including phenoxy) is 1. The average Bonchev–Trinajstić information content (AvgIpc) is 3.39. The normalized spacial score (nSPS) is 11.9. The Balaban J connectivity index is 0.00000149. The molecule has 178 valence electrons. The molecule has 4 aromatic heterocycles. The summed E-state index contributed by atoms with van der Waals surface area (Å²) in [4.78, 5) is 18.8. The molecule has 0 amide bonds. The summed E-state index contributed by atoms with van der Waals surface area (Å²) in [6.07, 6.45) is 3.16. The summed E-state index contributed by atoms with van der Waals surface area (Å²) in [7, 11) is 0. The van der Waals surface area contributed by atoms with Crippen molar-refractivity contribution in [3.8, 4) is 11.3 Å². The predicted octanol–water partition coefficient (Wildman–Crippen LogP) is 8.03. The number of aryl methyl sites for hydroxylation is 2. The van der Waals surface area contributed by atoms with Gasteiger partial charge >= 0.3 is 6.09 Å². The quantitative estimate of drug-likeness (QED) is 0.262. The van der Waals surface area contributed by atoms with E-state index in [2.05, 4.69) is 53.7 Å². The third-order valence-electron chi connectivity index (χ3n) is 5.56. The SMILES string of the molecule is CC.Cc1c(-c2c(C(C)C)c3c(C)c(Br)sc3n2C(=O)OC(C)(C)C)cn2ncnc2c1C. The van der Waals surface area contributed by atoms with Crippen molar-refractivity contribution in [3.63, 3.8) is 0 Å². The number of nitrogens with zero attached hydrogens (tertiary/aromatic N) is 4. The highest BCUT2D eigenvalue weighted by atomic mass is 79.9. The number of carbonyl (C=O) groups is 1. The van der Waals surface area contributed by atoms with Gasteiger partial charge in [0.05, 0.1) is 9.48 Å². The molecular formula is C25H33BrN4O2S. The van der Waals surface area contributed by atoms with Gasteiger partial charge in [0.25, 0.3) is 0 Å². The topological polar surface area (TPSA) is 61.4 Å². The van der Waals surface area contributed by atoms with Crippen molar-refractivity contribution in [2.75, 3.05) is 0 Å². The molecule has 4 rings (SSSR count). The van der Waals surface area contributed by atoms with Crippen LogP contribution in [0.3, 0.4) is 0 Å². The zero-order valence-corrected chi connectivity index (χ0v) is 23.5. The lowest BCUT2D eigenvalue weighted by molar-refractivity contribution is 0.0547. The highest BCUT2D eigenvalue weighted by Gasteiger charge is 2.31. The van der Waals surface area contributed by atoms with Crippen LogP contribution in [0.5, 0.6) is 0 Å². The lowest BCUT2D eigenvalue weighted by Gasteiger charge is -2.22. The van der Waals surface area contributed by atoms with Crippen LogP contribution in [0.2, 0.25) is 0 Å². The first-order valence-electron chi connectivity index (χ1n) is 11.3. The smallest absolute Gasteiger partial charge is 0.420 e. The average molecular weight is 534 g/mol. The summed E-state index contributed by atoms with van der Waals surface area (Å²) in [5, 5.41) is 5.48. The largest absolute Gasteiger partial charge is 0.443 e. The second-order valence-corrected chi connectivity index (χ2v) is 11.6. The predicted molar refractivity (Wildman–Crippen MR) is 141 cm³/mol. The molecule has 0 aromatic carbocycles. The number of halogens is 1. The van der Waals surface area contributed by atoms with Gasteiger partial charge in [-0.25, -0.2) is 18.9 Å². The minimum atomic E-state index is -0.604. The minimum absolute atomic E-state index is 0.201. The molecule has 0 atom stereocenters. The summed E-state index contributed by atoms with van der Waals surface area (Å²) >= 11 is 5.25. The standard InChI is InChI=1S/C23H27BrN4O2S.C2H6/c1-11(2)16-17-14(5)19(24)31-21(17)28(22(29)30-23(6,7)8)18(16)15-9-27-20(25-10-26-27)13(4)12(15)3;1-2/h9-11H,1-8H3;1-2H3. The van der Waals surface area contributed by atoms with Crippen LogP contribution in [-0.2, 0) is 4.74 Å². The molecule has 0 unspecified atom stereocenters. The van der Waals surface area contributed by atoms with E-state index in [1.54, 1.807) is 26.7 Å². The monoisotopic (exact) mass is 532 g/mol. The second kappa shape index (κ2) is 9.22. The summed E-state index contributed by atoms with van der Waals surface area (Å²) in [5.41, 5.74) is 6.46. The van der Waals surface area contributed by atoms with Gasteiger partial charge in [-0.3, -0.25) is 0 Å². The molecule has 0 bridgehead atoms. The summed E-state index contributed by atoms with van der Waals surface area (Å²) < 4.78 is 10.4. The van der Waals surface area contributed by atoms with Crippen molar-refractivity contribution in [2.24, 2.45) is 0 Å². The number of thiophene rings is 1. The molecule has 4 heterocycles. The summed E-state index contributed by atoms with van der Waals surface area (Å²) in [5.74, 6) is 0.201. The Morgan fingerprint density at radius 3 is 2.33 bits per heavy atom. The first-order valence-corrected chi connectivity index (χ1v) is 12.9. The first kappa shape index (κ1) is 25.4. The highest BCUT2D eigenvalue weighted by Crippen LogP contribution is 2.47. The van der Waals surface area contributed by atoms with Gasteiger partial charge in [0, 0.05) is 17.1 Å². The molecule has 4 aromatic rings. The molecular weight excluding hydrogens is 500 g/mol. The molecule has 0 saturated carbocycles. The van der Waals surface area contributed by atoms with Gasteiger partial charge in [0.15, 0.2) is 5.65 Å². The molecule has 0 aliphatic rings. The van der Waals surface area contributed by atoms with Gasteiger partial charge in [0.2, 0.25) is 0 Å². The number of fused-ring (bicyclic) bond motifs is 2. The Morgan fingerprint density at radius 1 is 1.12 bits per heavy atom. The maximum Gasteiger partial charge on any atom is 0.420 e. The van der Waals surface area contributed by atoms with E-state index in [1.165, 1.54) is 0 Å². The zero-order chi connectivity index (χ0) is 24.8. The van der Waals surface area contributed by atoms with E-state index < -0.39 is 5.60 Å². The maximum absolute atomic E-state index is 13.5. The maximum atomic E-state index is 13.5. The van der Waals surface area contributed by atoms with Gasteiger partial charge in [-0.1, -0.05) is 27.7 Å². The number of carbonyl (C=O) groups excluding carboxylic acids is 1. The number of aromatic nitrogens is 4. The van der Waals surface area contributed by atoms with Crippen molar-refractivity contribution < 1.29 is 9.53 Å². The lowest BCUT2D eigenvalue weighted by Crippen LogP contribution is -2.27. The van der Waals surface area contributed by atoms with Crippen molar-refractivity contribution in [3.05, 3.63) is 38.6 Å².